The fourth-order valence-electron chi connectivity index (χ4n) is 3.03. The number of benzene rings is 2. The van der Waals surface area contributed by atoms with Crippen LogP contribution in [0.2, 0.25) is 0 Å². The van der Waals surface area contributed by atoms with E-state index in [0.717, 1.165) is 28.2 Å². The van der Waals surface area contributed by atoms with Gasteiger partial charge in [0.15, 0.2) is 0 Å². The van der Waals surface area contributed by atoms with E-state index in [2.05, 4.69) is 10.4 Å². The molecule has 0 atom stereocenters. The van der Waals surface area contributed by atoms with E-state index < -0.39 is 5.91 Å². The molecule has 154 valence electrons. The van der Waals surface area contributed by atoms with E-state index in [0.29, 0.717) is 10.6 Å². The molecule has 3 rings (SSSR count). The average molecular weight is 421 g/mol. The van der Waals surface area contributed by atoms with Crippen LogP contribution in [0.1, 0.15) is 27.2 Å². The summed E-state index contributed by atoms with van der Waals surface area (Å²) in [6.07, 6.45) is 0. The number of anilines is 2. The number of nitrogens with zero attached hydrogens (tertiary/aromatic N) is 2. The highest BCUT2D eigenvalue weighted by Crippen LogP contribution is 2.27. The minimum absolute atomic E-state index is 0.0887. The third-order valence-corrected chi connectivity index (χ3v) is 5.79. The lowest BCUT2D eigenvalue weighted by Crippen LogP contribution is -2.40. The van der Waals surface area contributed by atoms with E-state index in [1.807, 2.05) is 81.4 Å². The Kier molecular flexibility index (Phi) is 6.74. The van der Waals surface area contributed by atoms with Gasteiger partial charge in [-0.2, -0.15) is 0 Å². The highest BCUT2D eigenvalue weighted by Gasteiger charge is 2.19. The summed E-state index contributed by atoms with van der Waals surface area (Å²) in [5.41, 5.74) is 13.1. The molecule has 3 N–H and O–H groups in total. The molecule has 2 aromatic carbocycles. The van der Waals surface area contributed by atoms with Crippen molar-refractivity contribution in [1.82, 2.24) is 10.4 Å². The number of aryl methyl sites for hydroxylation is 1. The summed E-state index contributed by atoms with van der Waals surface area (Å²) in [5, 5.41) is 2.21. The van der Waals surface area contributed by atoms with Gasteiger partial charge < -0.3 is 5.73 Å². The molecule has 2 amide bonds. The number of hydrazine groups is 1. The van der Waals surface area contributed by atoms with Crippen molar-refractivity contribution in [2.24, 2.45) is 5.73 Å². The van der Waals surface area contributed by atoms with Crippen molar-refractivity contribution >= 4 is 35.0 Å². The fraction of sp³-hybridized carbons (Fsp3) is 0.174. The van der Waals surface area contributed by atoms with Crippen LogP contribution >= 0.6 is 11.8 Å². The number of carbonyl (C=O) groups is 2. The maximum Gasteiger partial charge on any atom is 0.251 e. The second-order valence-electron chi connectivity index (χ2n) is 6.82. The molecular weight excluding hydrogens is 396 g/mol. The molecule has 0 saturated heterocycles. The van der Waals surface area contributed by atoms with Crippen LogP contribution < -0.4 is 16.2 Å². The molecule has 0 unspecified atom stereocenters. The number of thioether (sulfide) groups is 1. The van der Waals surface area contributed by atoms with Gasteiger partial charge in [0.25, 0.3) is 5.91 Å². The molecule has 6 nitrogen and oxygen atoms in total. The molecule has 30 heavy (non-hydrogen) atoms. The molecule has 0 aliphatic heterocycles. The number of pyridine rings is 1. The zero-order chi connectivity index (χ0) is 21.7. The monoisotopic (exact) mass is 420 g/mol. The molecule has 0 aliphatic rings. The number of nitrogens with one attached hydrogen (secondary N) is 1. The van der Waals surface area contributed by atoms with Crippen LogP contribution in [0.5, 0.6) is 0 Å². The number of carbonyl (C=O) groups excluding carboxylic acids is 2. The summed E-state index contributed by atoms with van der Waals surface area (Å²) >= 11 is 1.20. The Morgan fingerprint density at radius 1 is 0.933 bits per heavy atom. The minimum atomic E-state index is -0.541. The van der Waals surface area contributed by atoms with Crippen LogP contribution in [0, 0.1) is 20.8 Å². The van der Waals surface area contributed by atoms with Gasteiger partial charge in [0.1, 0.15) is 5.03 Å². The Labute approximate surface area is 180 Å². The Hall–Kier alpha value is -3.32. The lowest BCUT2D eigenvalue weighted by atomic mass is 10.0. The van der Waals surface area contributed by atoms with E-state index in [9.17, 15) is 9.59 Å². The number of primary amides is 1. The van der Waals surface area contributed by atoms with Crippen molar-refractivity contribution in [2.75, 3.05) is 10.8 Å². The second kappa shape index (κ2) is 9.45. The predicted octanol–water partition coefficient (Wildman–Crippen LogP) is 4.07. The highest BCUT2D eigenvalue weighted by atomic mass is 32.2. The third kappa shape index (κ3) is 4.80. The first-order valence-corrected chi connectivity index (χ1v) is 10.5. The first kappa shape index (κ1) is 21.4. The number of aromatic nitrogens is 1. The standard InChI is InChI=1S/C23H24N4O2S/c1-15-16(2)21(22(24)29)23(25-17(15)3)30-14-20(28)26-27(18-10-6-4-7-11-18)19-12-8-5-9-13-19/h4-13H,14H2,1-3H3,(H2,24,29)(H,26,28). The van der Waals surface area contributed by atoms with Crippen molar-refractivity contribution in [2.45, 2.75) is 25.8 Å². The van der Waals surface area contributed by atoms with Crippen LogP contribution in [-0.2, 0) is 4.79 Å². The Bertz CT molecular complexity index is 1020. The Morgan fingerprint density at radius 2 is 1.47 bits per heavy atom. The van der Waals surface area contributed by atoms with Gasteiger partial charge in [-0.1, -0.05) is 48.2 Å². The zero-order valence-electron chi connectivity index (χ0n) is 17.2. The molecule has 0 spiro atoms. The van der Waals surface area contributed by atoms with Crippen LogP contribution in [0.15, 0.2) is 65.7 Å². The topological polar surface area (TPSA) is 88.3 Å². The second-order valence-corrected chi connectivity index (χ2v) is 7.79. The number of rotatable bonds is 7. The predicted molar refractivity (Wildman–Crippen MR) is 121 cm³/mol. The first-order valence-electron chi connectivity index (χ1n) is 9.48. The molecule has 3 aromatic rings. The Balaban J connectivity index is 1.80. The van der Waals surface area contributed by atoms with Crippen LogP contribution in [0.3, 0.4) is 0 Å². The van der Waals surface area contributed by atoms with Crippen molar-refractivity contribution < 1.29 is 9.59 Å². The van der Waals surface area contributed by atoms with Gasteiger partial charge in [0.2, 0.25) is 5.91 Å². The summed E-state index contributed by atoms with van der Waals surface area (Å²) in [6, 6.07) is 19.1. The molecule has 0 fully saturated rings. The van der Waals surface area contributed by atoms with Crippen LogP contribution in [0.25, 0.3) is 0 Å². The number of para-hydroxylation sites is 2. The maximum atomic E-state index is 12.8. The normalized spacial score (nSPS) is 10.5. The zero-order valence-corrected chi connectivity index (χ0v) is 18.0. The van der Waals surface area contributed by atoms with Crippen LogP contribution in [0.4, 0.5) is 11.4 Å². The minimum Gasteiger partial charge on any atom is -0.366 e. The van der Waals surface area contributed by atoms with Gasteiger partial charge in [-0.05, 0) is 56.2 Å². The molecule has 0 saturated carbocycles. The molecule has 7 heteroatoms. The van der Waals surface area contributed by atoms with E-state index in [1.165, 1.54) is 11.8 Å². The van der Waals surface area contributed by atoms with E-state index in [-0.39, 0.29) is 11.7 Å². The quantitative estimate of drug-likeness (QED) is 0.444. The summed E-state index contributed by atoms with van der Waals surface area (Å²) < 4.78 is 0. The molecular formula is C23H24N4O2S. The lowest BCUT2D eigenvalue weighted by Gasteiger charge is -2.25. The van der Waals surface area contributed by atoms with Gasteiger partial charge in [-0.25, -0.2) is 4.98 Å². The summed E-state index contributed by atoms with van der Waals surface area (Å²) in [5.74, 6) is -0.673. The van der Waals surface area contributed by atoms with Crippen molar-refractivity contribution in [3.05, 3.63) is 83.0 Å². The summed E-state index contributed by atoms with van der Waals surface area (Å²) in [6.45, 7) is 5.63. The number of hydrogen-bond acceptors (Lipinski definition) is 5. The maximum absolute atomic E-state index is 12.8. The third-order valence-electron chi connectivity index (χ3n) is 4.81. The molecule has 1 aromatic heterocycles. The van der Waals surface area contributed by atoms with Gasteiger partial charge >= 0.3 is 0 Å². The van der Waals surface area contributed by atoms with E-state index in [1.54, 1.807) is 5.01 Å². The first-order chi connectivity index (χ1) is 14.4. The summed E-state index contributed by atoms with van der Waals surface area (Å²) in [4.78, 5) is 29.2. The highest BCUT2D eigenvalue weighted by molar-refractivity contribution is 8.00. The van der Waals surface area contributed by atoms with Crippen LogP contribution in [-0.4, -0.2) is 22.6 Å². The van der Waals surface area contributed by atoms with E-state index in [4.69, 9.17) is 5.73 Å². The lowest BCUT2D eigenvalue weighted by molar-refractivity contribution is -0.118. The molecule has 0 radical (unpaired) electrons. The van der Waals surface area contributed by atoms with Crippen molar-refractivity contribution in [3.63, 3.8) is 0 Å². The summed E-state index contributed by atoms with van der Waals surface area (Å²) in [7, 11) is 0. The smallest absolute Gasteiger partial charge is 0.251 e. The van der Waals surface area contributed by atoms with Crippen molar-refractivity contribution in [1.29, 1.82) is 0 Å². The van der Waals surface area contributed by atoms with Gasteiger partial charge in [0.05, 0.1) is 22.7 Å². The fourth-order valence-corrected chi connectivity index (χ4v) is 3.96. The SMILES string of the molecule is Cc1nc(SCC(=O)NN(c2ccccc2)c2ccccc2)c(C(N)=O)c(C)c1C. The van der Waals surface area contributed by atoms with Gasteiger partial charge in [-0.3, -0.25) is 20.0 Å². The average Bonchev–Trinajstić information content (AvgIpc) is 2.75. The number of nitrogens with two attached hydrogens (primary N) is 1. The number of hydrogen-bond donors (Lipinski definition) is 2. The number of amides is 2. The van der Waals surface area contributed by atoms with Gasteiger partial charge in [-0.15, -0.1) is 0 Å². The molecule has 0 aliphatic carbocycles. The molecule has 0 bridgehead atoms. The Morgan fingerprint density at radius 3 is 1.97 bits per heavy atom. The van der Waals surface area contributed by atoms with Crippen molar-refractivity contribution in [3.8, 4) is 0 Å². The molecule has 1 heterocycles. The largest absolute Gasteiger partial charge is 0.366 e. The van der Waals surface area contributed by atoms with E-state index >= 15 is 0 Å². The van der Waals surface area contributed by atoms with Gasteiger partial charge in [0, 0.05) is 5.69 Å².